The van der Waals surface area contributed by atoms with E-state index in [1.165, 1.54) is 0 Å². The van der Waals surface area contributed by atoms with Crippen LogP contribution in [0.2, 0.25) is 0 Å². The number of ether oxygens (including phenoxy) is 1. The first-order valence-electron chi connectivity index (χ1n) is 5.98. The van der Waals surface area contributed by atoms with Gasteiger partial charge in [0, 0.05) is 18.7 Å². The molecule has 5 heteroatoms. The van der Waals surface area contributed by atoms with E-state index in [-0.39, 0.29) is 0 Å². The van der Waals surface area contributed by atoms with Gasteiger partial charge in [0.1, 0.15) is 10.5 Å². The molecule has 0 saturated carbocycles. The molecule has 2 heterocycles. The lowest BCUT2D eigenvalue weighted by Gasteiger charge is -2.13. The third kappa shape index (κ3) is 3.14. The monoisotopic (exact) mass is 316 g/mol. The number of hydrogen-bond acceptors (Lipinski definition) is 3. The van der Waals surface area contributed by atoms with Crippen molar-refractivity contribution in [2.45, 2.75) is 45.1 Å². The van der Waals surface area contributed by atoms with Gasteiger partial charge in [-0.3, -0.25) is 0 Å². The number of halogens is 1. The highest BCUT2D eigenvalue weighted by molar-refractivity contribution is 9.10. The average Bonchev–Trinajstić information content (AvgIpc) is 2.75. The first kappa shape index (κ1) is 13.2. The topological polar surface area (TPSA) is 37.9 Å². The number of aromatic nitrogens is 2. The zero-order chi connectivity index (χ0) is 12.4. The number of hydrogen-bond donors (Lipinski definition) is 1. The molecule has 1 saturated heterocycles. The van der Waals surface area contributed by atoms with Gasteiger partial charge >= 0.3 is 0 Å². The lowest BCUT2D eigenvalue weighted by Crippen LogP contribution is -2.13. The second-order valence-electron chi connectivity index (χ2n) is 4.71. The third-order valence-corrected chi connectivity index (χ3v) is 4.32. The quantitative estimate of drug-likeness (QED) is 0.863. The summed E-state index contributed by atoms with van der Waals surface area (Å²) < 4.78 is 7.18. The Balaban J connectivity index is 2.25. The molecule has 0 amide bonds. The lowest BCUT2D eigenvalue weighted by molar-refractivity contribution is 0.110. The standard InChI is InChI=1S/C12H17BrN2OS/c1-7(2)11-10(13)12(17)15-9(14-11)6-8-4-3-5-16-8/h7-8H,3-6H2,1-2H3,(H,14,15,17). The van der Waals surface area contributed by atoms with Gasteiger partial charge in [-0.2, -0.15) is 0 Å². The fourth-order valence-corrected chi connectivity index (χ4v) is 2.91. The van der Waals surface area contributed by atoms with E-state index in [2.05, 4.69) is 39.7 Å². The maximum absolute atomic E-state index is 5.62. The fourth-order valence-electron chi connectivity index (χ4n) is 2.04. The third-order valence-electron chi connectivity index (χ3n) is 2.96. The molecule has 1 unspecified atom stereocenters. The van der Waals surface area contributed by atoms with Gasteiger partial charge in [0.15, 0.2) is 0 Å². The molecule has 1 atom stereocenters. The Morgan fingerprint density at radius 2 is 2.35 bits per heavy atom. The van der Waals surface area contributed by atoms with E-state index in [0.717, 1.165) is 41.9 Å². The van der Waals surface area contributed by atoms with Crippen LogP contribution < -0.4 is 0 Å². The van der Waals surface area contributed by atoms with E-state index in [4.69, 9.17) is 17.0 Å². The van der Waals surface area contributed by atoms with Crippen LogP contribution in [0.15, 0.2) is 4.47 Å². The second-order valence-corrected chi connectivity index (χ2v) is 5.89. The SMILES string of the molecule is CC(C)c1[nH]c(CC2CCCO2)nc(=S)c1Br. The van der Waals surface area contributed by atoms with Crippen LogP contribution >= 0.6 is 28.1 Å². The zero-order valence-electron chi connectivity index (χ0n) is 10.1. The Morgan fingerprint density at radius 3 is 2.94 bits per heavy atom. The molecular formula is C12H17BrN2OS. The zero-order valence-corrected chi connectivity index (χ0v) is 12.5. The van der Waals surface area contributed by atoms with Crippen LogP contribution in [0.5, 0.6) is 0 Å². The summed E-state index contributed by atoms with van der Waals surface area (Å²) in [5.41, 5.74) is 1.12. The number of nitrogens with zero attached hydrogens (tertiary/aromatic N) is 1. The van der Waals surface area contributed by atoms with Crippen molar-refractivity contribution in [2.75, 3.05) is 6.61 Å². The predicted octanol–water partition coefficient (Wildman–Crippen LogP) is 3.75. The summed E-state index contributed by atoms with van der Waals surface area (Å²) in [7, 11) is 0. The Morgan fingerprint density at radius 1 is 1.59 bits per heavy atom. The normalized spacial score (nSPS) is 20.1. The van der Waals surface area contributed by atoms with Gasteiger partial charge < -0.3 is 9.72 Å². The minimum atomic E-state index is 0.300. The van der Waals surface area contributed by atoms with Gasteiger partial charge in [-0.1, -0.05) is 26.1 Å². The summed E-state index contributed by atoms with van der Waals surface area (Å²) in [5.74, 6) is 1.34. The second kappa shape index (κ2) is 5.59. The van der Waals surface area contributed by atoms with Crippen LogP contribution in [0.1, 0.15) is 44.1 Å². The Bertz CT molecular complexity index is 452. The van der Waals surface area contributed by atoms with Crippen molar-refractivity contribution < 1.29 is 4.74 Å². The highest BCUT2D eigenvalue weighted by Gasteiger charge is 2.18. The van der Waals surface area contributed by atoms with Crippen molar-refractivity contribution >= 4 is 28.1 Å². The van der Waals surface area contributed by atoms with E-state index < -0.39 is 0 Å². The Hall–Kier alpha value is -0.260. The van der Waals surface area contributed by atoms with Crippen LogP contribution in [0.3, 0.4) is 0 Å². The molecule has 0 aliphatic carbocycles. The molecular weight excluding hydrogens is 300 g/mol. The molecule has 1 fully saturated rings. The van der Waals surface area contributed by atoms with Crippen molar-refractivity contribution in [2.24, 2.45) is 0 Å². The molecule has 1 aromatic heterocycles. The maximum atomic E-state index is 5.62. The summed E-state index contributed by atoms with van der Waals surface area (Å²) in [6.07, 6.45) is 3.40. The highest BCUT2D eigenvalue weighted by Crippen LogP contribution is 2.24. The Kier molecular flexibility index (Phi) is 4.33. The van der Waals surface area contributed by atoms with Crippen molar-refractivity contribution in [3.63, 3.8) is 0 Å². The summed E-state index contributed by atoms with van der Waals surface area (Å²) >= 11 is 8.77. The first-order valence-corrected chi connectivity index (χ1v) is 7.18. The van der Waals surface area contributed by atoms with Crippen LogP contribution in [0, 0.1) is 4.64 Å². The summed E-state index contributed by atoms with van der Waals surface area (Å²) in [4.78, 5) is 7.79. The number of rotatable bonds is 3. The molecule has 0 radical (unpaired) electrons. The molecule has 2 rings (SSSR count). The molecule has 1 N–H and O–H groups in total. The smallest absolute Gasteiger partial charge is 0.144 e. The van der Waals surface area contributed by atoms with E-state index in [1.54, 1.807) is 0 Å². The van der Waals surface area contributed by atoms with Crippen molar-refractivity contribution in [1.29, 1.82) is 0 Å². The summed E-state index contributed by atoms with van der Waals surface area (Å²) in [6, 6.07) is 0. The molecule has 0 spiro atoms. The van der Waals surface area contributed by atoms with E-state index in [9.17, 15) is 0 Å². The molecule has 17 heavy (non-hydrogen) atoms. The lowest BCUT2D eigenvalue weighted by atomic mass is 10.1. The van der Waals surface area contributed by atoms with Gasteiger partial charge in [-0.25, -0.2) is 4.98 Å². The largest absolute Gasteiger partial charge is 0.378 e. The van der Waals surface area contributed by atoms with Crippen molar-refractivity contribution in [3.8, 4) is 0 Å². The average molecular weight is 317 g/mol. The van der Waals surface area contributed by atoms with Crippen LogP contribution in [-0.2, 0) is 11.2 Å². The summed E-state index contributed by atoms with van der Waals surface area (Å²) in [5, 5.41) is 0. The fraction of sp³-hybridized carbons (Fsp3) is 0.667. The van der Waals surface area contributed by atoms with Gasteiger partial charge in [-0.15, -0.1) is 0 Å². The van der Waals surface area contributed by atoms with Crippen LogP contribution in [0.4, 0.5) is 0 Å². The minimum Gasteiger partial charge on any atom is -0.378 e. The number of aromatic amines is 1. The van der Waals surface area contributed by atoms with E-state index in [0.29, 0.717) is 16.7 Å². The molecule has 94 valence electrons. The maximum Gasteiger partial charge on any atom is 0.144 e. The van der Waals surface area contributed by atoms with E-state index >= 15 is 0 Å². The molecule has 0 bridgehead atoms. The molecule has 1 aliphatic rings. The predicted molar refractivity (Wildman–Crippen MR) is 73.9 cm³/mol. The van der Waals surface area contributed by atoms with Crippen molar-refractivity contribution in [1.82, 2.24) is 9.97 Å². The summed E-state index contributed by atoms with van der Waals surface area (Å²) in [6.45, 7) is 5.15. The van der Waals surface area contributed by atoms with Gasteiger partial charge in [0.2, 0.25) is 0 Å². The van der Waals surface area contributed by atoms with Crippen molar-refractivity contribution in [3.05, 3.63) is 20.6 Å². The highest BCUT2D eigenvalue weighted by atomic mass is 79.9. The van der Waals surface area contributed by atoms with E-state index in [1.807, 2.05) is 0 Å². The number of nitrogens with one attached hydrogen (secondary N) is 1. The molecule has 0 aromatic carbocycles. The number of H-pyrrole nitrogens is 1. The molecule has 3 nitrogen and oxygen atoms in total. The van der Waals surface area contributed by atoms with Gasteiger partial charge in [-0.05, 0) is 34.7 Å². The molecule has 1 aromatic rings. The van der Waals surface area contributed by atoms with Crippen LogP contribution in [0.25, 0.3) is 0 Å². The first-order chi connectivity index (χ1) is 8.08. The van der Waals surface area contributed by atoms with Gasteiger partial charge in [0.25, 0.3) is 0 Å². The minimum absolute atomic E-state index is 0.300. The Labute approximate surface area is 115 Å². The molecule has 1 aliphatic heterocycles. The van der Waals surface area contributed by atoms with Gasteiger partial charge in [0.05, 0.1) is 10.6 Å². The van der Waals surface area contributed by atoms with Crippen LogP contribution in [-0.4, -0.2) is 22.7 Å².